The number of benzene rings is 2. The number of aromatic nitrogens is 2. The van der Waals surface area contributed by atoms with Crippen LogP contribution in [0.5, 0.6) is 0 Å². The highest BCUT2D eigenvalue weighted by atomic mass is 32.1. The van der Waals surface area contributed by atoms with Gasteiger partial charge in [0, 0.05) is 30.4 Å². The average molecular weight is 436 g/mol. The van der Waals surface area contributed by atoms with Crippen molar-refractivity contribution in [3.8, 4) is 0 Å². The van der Waals surface area contributed by atoms with Gasteiger partial charge in [-0.05, 0) is 56.0 Å². The van der Waals surface area contributed by atoms with Crippen LogP contribution in [0.3, 0.4) is 0 Å². The number of para-hydroxylation sites is 1. The van der Waals surface area contributed by atoms with Gasteiger partial charge in [-0.1, -0.05) is 41.7 Å². The molecule has 1 atom stereocenters. The number of likely N-dealkylation sites (tertiary alicyclic amines) is 1. The lowest BCUT2D eigenvalue weighted by molar-refractivity contribution is 0.102. The van der Waals surface area contributed by atoms with Crippen LogP contribution in [-0.4, -0.2) is 40.1 Å². The Labute approximate surface area is 185 Å². The Balaban J connectivity index is 1.40. The fourth-order valence-electron chi connectivity index (χ4n) is 3.64. The Morgan fingerprint density at radius 1 is 1.03 bits per heavy atom. The molecule has 160 valence electrons. The van der Waals surface area contributed by atoms with Crippen molar-refractivity contribution in [2.75, 3.05) is 23.7 Å². The highest BCUT2D eigenvalue weighted by Crippen LogP contribution is 2.30. The largest absolute Gasteiger partial charge is 0.324 e. The number of carbonyl (C=O) groups excluding carboxylic acids is 2. The molecule has 0 radical (unpaired) electrons. The van der Waals surface area contributed by atoms with Gasteiger partial charge in [0.2, 0.25) is 5.01 Å². The normalized spacial score (nSPS) is 16.1. The maximum atomic E-state index is 12.8. The Hall–Kier alpha value is -3.26. The third-order valence-corrected chi connectivity index (χ3v) is 6.66. The number of urea groups is 1. The van der Waals surface area contributed by atoms with Crippen LogP contribution in [0.15, 0.2) is 48.5 Å². The Kier molecular flexibility index (Phi) is 6.27. The molecule has 3 aromatic rings. The third-order valence-electron chi connectivity index (χ3n) is 5.57. The first-order valence-corrected chi connectivity index (χ1v) is 11.1. The summed E-state index contributed by atoms with van der Waals surface area (Å²) in [6.07, 6.45) is 1.80. The standard InChI is InChI=1S/C23H25N5O2S/c1-15-8-6-12-19(16(15)2)25-23(30)28-13-7-9-17(14-28)21-26-27-22(31-21)20(29)24-18-10-4-3-5-11-18/h3-6,8,10-12,17H,7,9,13-14H2,1-2H3,(H,24,29)(H,25,30). The first-order chi connectivity index (χ1) is 15.0. The number of hydrogen-bond acceptors (Lipinski definition) is 5. The molecule has 2 N–H and O–H groups in total. The maximum absolute atomic E-state index is 12.8. The zero-order valence-corrected chi connectivity index (χ0v) is 18.4. The molecular formula is C23H25N5O2S. The van der Waals surface area contributed by atoms with Gasteiger partial charge in [-0.2, -0.15) is 0 Å². The second-order valence-electron chi connectivity index (χ2n) is 7.73. The summed E-state index contributed by atoms with van der Waals surface area (Å²) in [5.41, 5.74) is 3.77. The van der Waals surface area contributed by atoms with E-state index in [0.29, 0.717) is 18.1 Å². The topological polar surface area (TPSA) is 87.2 Å². The lowest BCUT2D eigenvalue weighted by Crippen LogP contribution is -2.41. The number of aryl methyl sites for hydroxylation is 1. The average Bonchev–Trinajstić information content (AvgIpc) is 3.28. The van der Waals surface area contributed by atoms with Gasteiger partial charge >= 0.3 is 6.03 Å². The fraction of sp³-hybridized carbons (Fsp3) is 0.304. The van der Waals surface area contributed by atoms with E-state index in [9.17, 15) is 9.59 Å². The number of rotatable bonds is 4. The summed E-state index contributed by atoms with van der Waals surface area (Å²) < 4.78 is 0. The van der Waals surface area contributed by atoms with Crippen LogP contribution < -0.4 is 10.6 Å². The minimum Gasteiger partial charge on any atom is -0.324 e. The number of piperidine rings is 1. The van der Waals surface area contributed by atoms with E-state index in [0.717, 1.165) is 40.4 Å². The van der Waals surface area contributed by atoms with Gasteiger partial charge in [-0.25, -0.2) is 4.79 Å². The zero-order chi connectivity index (χ0) is 21.8. The lowest BCUT2D eigenvalue weighted by atomic mass is 9.99. The lowest BCUT2D eigenvalue weighted by Gasteiger charge is -2.31. The minimum atomic E-state index is -0.268. The summed E-state index contributed by atoms with van der Waals surface area (Å²) in [6, 6.07) is 15.1. The molecule has 0 bridgehead atoms. The van der Waals surface area contributed by atoms with Gasteiger partial charge < -0.3 is 15.5 Å². The molecule has 31 heavy (non-hydrogen) atoms. The highest BCUT2D eigenvalue weighted by Gasteiger charge is 2.28. The van der Waals surface area contributed by atoms with Crippen LogP contribution in [-0.2, 0) is 0 Å². The van der Waals surface area contributed by atoms with Crippen molar-refractivity contribution < 1.29 is 9.59 Å². The first-order valence-electron chi connectivity index (χ1n) is 10.3. The second-order valence-corrected chi connectivity index (χ2v) is 8.74. The molecule has 0 aliphatic carbocycles. The number of carbonyl (C=O) groups is 2. The Morgan fingerprint density at radius 3 is 2.65 bits per heavy atom. The summed E-state index contributed by atoms with van der Waals surface area (Å²) >= 11 is 1.30. The Morgan fingerprint density at radius 2 is 1.84 bits per heavy atom. The highest BCUT2D eigenvalue weighted by molar-refractivity contribution is 7.13. The van der Waals surface area contributed by atoms with Crippen molar-refractivity contribution in [2.45, 2.75) is 32.6 Å². The van der Waals surface area contributed by atoms with Crippen molar-refractivity contribution in [1.29, 1.82) is 0 Å². The molecule has 0 saturated carbocycles. The monoisotopic (exact) mass is 435 g/mol. The van der Waals surface area contributed by atoms with E-state index in [1.807, 2.05) is 67.3 Å². The number of anilines is 2. The van der Waals surface area contributed by atoms with Crippen LogP contribution >= 0.6 is 11.3 Å². The third kappa shape index (κ3) is 4.91. The van der Waals surface area contributed by atoms with Gasteiger partial charge in [0.25, 0.3) is 5.91 Å². The van der Waals surface area contributed by atoms with Crippen LogP contribution in [0.2, 0.25) is 0 Å². The van der Waals surface area contributed by atoms with Crippen molar-refractivity contribution in [1.82, 2.24) is 15.1 Å². The summed E-state index contributed by atoms with van der Waals surface area (Å²) in [4.78, 5) is 27.1. The molecule has 1 fully saturated rings. The van der Waals surface area contributed by atoms with Crippen molar-refractivity contribution in [3.63, 3.8) is 0 Å². The van der Waals surface area contributed by atoms with E-state index in [2.05, 4.69) is 20.8 Å². The second kappa shape index (κ2) is 9.26. The molecule has 2 aromatic carbocycles. The molecular weight excluding hydrogens is 410 g/mol. The van der Waals surface area contributed by atoms with Crippen LogP contribution in [0.4, 0.5) is 16.2 Å². The maximum Gasteiger partial charge on any atom is 0.321 e. The van der Waals surface area contributed by atoms with E-state index in [1.165, 1.54) is 11.3 Å². The van der Waals surface area contributed by atoms with Crippen LogP contribution in [0.25, 0.3) is 0 Å². The van der Waals surface area contributed by atoms with Gasteiger partial charge in [-0.3, -0.25) is 4.79 Å². The molecule has 8 heteroatoms. The number of amides is 3. The molecule has 7 nitrogen and oxygen atoms in total. The van der Waals surface area contributed by atoms with Crippen LogP contribution in [0, 0.1) is 13.8 Å². The van der Waals surface area contributed by atoms with Gasteiger partial charge in [0.1, 0.15) is 5.01 Å². The fourth-order valence-corrected chi connectivity index (χ4v) is 4.51. The van der Waals surface area contributed by atoms with Crippen molar-refractivity contribution >= 4 is 34.6 Å². The molecule has 2 heterocycles. The van der Waals surface area contributed by atoms with Crippen molar-refractivity contribution in [2.24, 2.45) is 0 Å². The smallest absolute Gasteiger partial charge is 0.321 e. The summed E-state index contributed by atoms with van der Waals surface area (Å²) in [5.74, 6) is -0.191. The zero-order valence-electron chi connectivity index (χ0n) is 17.6. The Bertz CT molecular complexity index is 1080. The number of nitrogens with zero attached hydrogens (tertiary/aromatic N) is 3. The molecule has 1 saturated heterocycles. The van der Waals surface area contributed by atoms with E-state index >= 15 is 0 Å². The predicted molar refractivity (Wildman–Crippen MR) is 123 cm³/mol. The molecule has 1 aliphatic heterocycles. The predicted octanol–water partition coefficient (Wildman–Crippen LogP) is 4.82. The van der Waals surface area contributed by atoms with E-state index in [-0.39, 0.29) is 17.9 Å². The SMILES string of the molecule is Cc1cccc(NC(=O)N2CCCC(c3nnc(C(=O)Nc4ccccc4)s3)C2)c1C. The van der Waals surface area contributed by atoms with Crippen molar-refractivity contribution in [3.05, 3.63) is 69.7 Å². The molecule has 1 unspecified atom stereocenters. The van der Waals surface area contributed by atoms with E-state index in [1.54, 1.807) is 0 Å². The molecule has 4 rings (SSSR count). The van der Waals surface area contributed by atoms with Gasteiger partial charge in [-0.15, -0.1) is 10.2 Å². The summed E-state index contributed by atoms with van der Waals surface area (Å²) in [6.45, 7) is 5.30. The van der Waals surface area contributed by atoms with Crippen LogP contribution in [0.1, 0.15) is 44.7 Å². The summed E-state index contributed by atoms with van der Waals surface area (Å²) in [7, 11) is 0. The van der Waals surface area contributed by atoms with E-state index < -0.39 is 0 Å². The molecule has 1 aromatic heterocycles. The van der Waals surface area contributed by atoms with E-state index in [4.69, 9.17) is 0 Å². The summed E-state index contributed by atoms with van der Waals surface area (Å²) in [5, 5.41) is 15.3. The van der Waals surface area contributed by atoms with Gasteiger partial charge in [0.05, 0.1) is 0 Å². The molecule has 1 aliphatic rings. The quantitative estimate of drug-likeness (QED) is 0.615. The molecule has 0 spiro atoms. The first kappa shape index (κ1) is 21.0. The minimum absolute atomic E-state index is 0.0777. The van der Waals surface area contributed by atoms with Gasteiger partial charge in [0.15, 0.2) is 0 Å². The number of nitrogens with one attached hydrogen (secondary N) is 2. The number of hydrogen-bond donors (Lipinski definition) is 2. The molecule has 3 amide bonds.